The van der Waals surface area contributed by atoms with Gasteiger partial charge in [-0.15, -0.1) is 0 Å². The van der Waals surface area contributed by atoms with Crippen molar-refractivity contribution in [3.63, 3.8) is 0 Å². The van der Waals surface area contributed by atoms with E-state index in [1.165, 1.54) is 0 Å². The first-order valence-corrected chi connectivity index (χ1v) is 10.2. The van der Waals surface area contributed by atoms with E-state index < -0.39 is 0 Å². The Morgan fingerprint density at radius 1 is 0.719 bits per heavy atom. The van der Waals surface area contributed by atoms with Crippen LogP contribution in [0.2, 0.25) is 0 Å². The highest BCUT2D eigenvalue weighted by Gasteiger charge is 2.03. The third kappa shape index (κ3) is 8.92. The summed E-state index contributed by atoms with van der Waals surface area (Å²) in [5.41, 5.74) is 4.77. The van der Waals surface area contributed by atoms with Crippen LogP contribution in [0.25, 0.3) is 0 Å². The second kappa shape index (κ2) is 12.8. The molecule has 0 spiro atoms. The summed E-state index contributed by atoms with van der Waals surface area (Å²) in [6.45, 7) is 11.0. The highest BCUT2D eigenvalue weighted by Crippen LogP contribution is 2.06. The topological polar surface area (TPSA) is 77.3 Å². The molecule has 2 aromatic carbocycles. The summed E-state index contributed by atoms with van der Waals surface area (Å²) in [5, 5.41) is 8.16. The van der Waals surface area contributed by atoms with E-state index >= 15 is 0 Å². The molecule has 0 aliphatic rings. The zero-order valence-corrected chi connectivity index (χ0v) is 18.5. The summed E-state index contributed by atoms with van der Waals surface area (Å²) in [5.74, 6) is -0.740. The summed E-state index contributed by atoms with van der Waals surface area (Å²) in [7, 11) is 0. The van der Waals surface area contributed by atoms with Crippen LogP contribution in [0.5, 0.6) is 0 Å². The summed E-state index contributed by atoms with van der Waals surface area (Å²) in [4.78, 5) is 22.7. The maximum Gasteiger partial charge on any atom is 0.333 e. The maximum absolute atomic E-state index is 11.4. The molecule has 0 amide bonds. The quantitative estimate of drug-likeness (QED) is 0.227. The van der Waals surface area contributed by atoms with Crippen molar-refractivity contribution in [3.8, 4) is 0 Å². The van der Waals surface area contributed by atoms with Gasteiger partial charge in [-0.25, -0.2) is 9.59 Å². The molecule has 2 aromatic rings. The van der Waals surface area contributed by atoms with Crippen molar-refractivity contribution in [1.82, 2.24) is 0 Å². The third-order valence-electron chi connectivity index (χ3n) is 4.38. The summed E-state index contributed by atoms with van der Waals surface area (Å²) >= 11 is 0. The number of hydrogen-bond donors (Lipinski definition) is 0. The molecule has 0 N–H and O–H groups in total. The van der Waals surface area contributed by atoms with Crippen molar-refractivity contribution in [2.45, 2.75) is 26.7 Å². The SMILES string of the molecule is C=C(C)C(=O)OCCc1ccc(/C=N/N=C/c2ccc(CCOC(=O)C(=C)C)cc2)cc1. The average Bonchev–Trinajstić information content (AvgIpc) is 2.78. The van der Waals surface area contributed by atoms with E-state index in [0.717, 1.165) is 22.3 Å². The van der Waals surface area contributed by atoms with Gasteiger partial charge in [0.1, 0.15) is 0 Å². The summed E-state index contributed by atoms with van der Waals surface area (Å²) < 4.78 is 10.2. The number of hydrogen-bond acceptors (Lipinski definition) is 6. The predicted octanol–water partition coefficient (Wildman–Crippen LogP) is 4.46. The van der Waals surface area contributed by atoms with Gasteiger partial charge in [0, 0.05) is 24.0 Å². The minimum atomic E-state index is -0.370. The van der Waals surface area contributed by atoms with E-state index in [9.17, 15) is 9.59 Å². The van der Waals surface area contributed by atoms with Crippen molar-refractivity contribution in [2.75, 3.05) is 13.2 Å². The Bertz CT molecular complexity index is 920. The van der Waals surface area contributed by atoms with Crippen molar-refractivity contribution >= 4 is 24.4 Å². The minimum Gasteiger partial charge on any atom is -0.462 e. The molecular formula is C26H28N2O4. The van der Waals surface area contributed by atoms with Gasteiger partial charge < -0.3 is 9.47 Å². The number of benzene rings is 2. The number of ether oxygens (including phenoxy) is 2. The second-order valence-corrected chi connectivity index (χ2v) is 7.30. The Morgan fingerprint density at radius 2 is 1.06 bits per heavy atom. The van der Waals surface area contributed by atoms with Crippen LogP contribution in [0.1, 0.15) is 36.1 Å². The molecule has 0 bridgehead atoms. The smallest absolute Gasteiger partial charge is 0.333 e. The highest BCUT2D eigenvalue weighted by atomic mass is 16.5. The van der Waals surface area contributed by atoms with E-state index in [4.69, 9.17) is 9.47 Å². The Morgan fingerprint density at radius 3 is 1.38 bits per heavy atom. The normalized spacial score (nSPS) is 10.9. The van der Waals surface area contributed by atoms with Gasteiger partial charge in [-0.05, 0) is 36.1 Å². The van der Waals surface area contributed by atoms with Crippen LogP contribution in [0.3, 0.4) is 0 Å². The molecule has 0 saturated heterocycles. The first-order valence-electron chi connectivity index (χ1n) is 10.2. The number of nitrogens with zero attached hydrogens (tertiary/aromatic N) is 2. The van der Waals surface area contributed by atoms with E-state index in [-0.39, 0.29) is 11.9 Å². The molecule has 0 heterocycles. The number of rotatable bonds is 11. The lowest BCUT2D eigenvalue weighted by atomic mass is 10.1. The van der Waals surface area contributed by atoms with E-state index in [1.807, 2.05) is 48.5 Å². The molecular weight excluding hydrogens is 404 g/mol. The number of carbonyl (C=O) groups is 2. The van der Waals surface area contributed by atoms with Crippen LogP contribution in [0.4, 0.5) is 0 Å². The van der Waals surface area contributed by atoms with E-state index in [2.05, 4.69) is 23.4 Å². The van der Waals surface area contributed by atoms with E-state index in [0.29, 0.717) is 37.2 Å². The average molecular weight is 433 g/mol. The third-order valence-corrected chi connectivity index (χ3v) is 4.38. The maximum atomic E-state index is 11.4. The molecule has 0 aliphatic carbocycles. The Labute approximate surface area is 189 Å². The fraction of sp³-hybridized carbons (Fsp3) is 0.231. The molecule has 0 aromatic heterocycles. The van der Waals surface area contributed by atoms with Gasteiger partial charge in [0.25, 0.3) is 0 Å². The van der Waals surface area contributed by atoms with Crippen molar-refractivity contribution < 1.29 is 19.1 Å². The lowest BCUT2D eigenvalue weighted by molar-refractivity contribution is -0.139. The lowest BCUT2D eigenvalue weighted by Gasteiger charge is -2.04. The second-order valence-electron chi connectivity index (χ2n) is 7.30. The Hall–Kier alpha value is -3.80. The molecule has 0 atom stereocenters. The van der Waals surface area contributed by atoms with Crippen LogP contribution in [0, 0.1) is 0 Å². The van der Waals surface area contributed by atoms with Gasteiger partial charge in [-0.3, -0.25) is 0 Å². The van der Waals surface area contributed by atoms with Crippen LogP contribution >= 0.6 is 0 Å². The first-order chi connectivity index (χ1) is 15.3. The molecule has 6 nitrogen and oxygen atoms in total. The van der Waals surface area contributed by atoms with Gasteiger partial charge in [0.15, 0.2) is 0 Å². The molecule has 0 unspecified atom stereocenters. The van der Waals surface area contributed by atoms with Crippen LogP contribution in [-0.4, -0.2) is 37.6 Å². The highest BCUT2D eigenvalue weighted by molar-refractivity contribution is 5.87. The molecule has 0 aliphatic heterocycles. The van der Waals surface area contributed by atoms with E-state index in [1.54, 1.807) is 26.3 Å². The van der Waals surface area contributed by atoms with Gasteiger partial charge in [-0.1, -0.05) is 61.7 Å². The van der Waals surface area contributed by atoms with Crippen LogP contribution in [-0.2, 0) is 31.9 Å². The van der Waals surface area contributed by atoms with Crippen molar-refractivity contribution in [2.24, 2.45) is 10.2 Å². The van der Waals surface area contributed by atoms with Crippen LogP contribution < -0.4 is 0 Å². The molecule has 6 heteroatoms. The first kappa shape index (κ1) is 24.5. The lowest BCUT2D eigenvalue weighted by Crippen LogP contribution is -2.08. The molecule has 0 fully saturated rings. The summed E-state index contributed by atoms with van der Waals surface area (Å²) in [6.07, 6.45) is 4.62. The molecule has 166 valence electrons. The van der Waals surface area contributed by atoms with Gasteiger partial charge in [0.2, 0.25) is 0 Å². The fourth-order valence-corrected chi connectivity index (χ4v) is 2.51. The Balaban J connectivity index is 1.76. The minimum absolute atomic E-state index is 0.321. The largest absolute Gasteiger partial charge is 0.462 e. The predicted molar refractivity (Wildman–Crippen MR) is 127 cm³/mol. The summed E-state index contributed by atoms with van der Waals surface area (Å²) in [6, 6.07) is 15.6. The van der Waals surface area contributed by atoms with Crippen molar-refractivity contribution in [1.29, 1.82) is 0 Å². The monoisotopic (exact) mass is 432 g/mol. The van der Waals surface area contributed by atoms with Gasteiger partial charge in [-0.2, -0.15) is 10.2 Å². The zero-order valence-electron chi connectivity index (χ0n) is 18.5. The molecule has 2 rings (SSSR count). The van der Waals surface area contributed by atoms with Crippen molar-refractivity contribution in [3.05, 3.63) is 95.1 Å². The van der Waals surface area contributed by atoms with Gasteiger partial charge >= 0.3 is 11.9 Å². The van der Waals surface area contributed by atoms with Crippen LogP contribution in [0.15, 0.2) is 83.0 Å². The molecule has 0 saturated carbocycles. The Kier molecular flexibility index (Phi) is 9.78. The standard InChI is InChI=1S/C26H28N2O4/c1-19(2)25(29)31-15-13-21-5-9-23(10-6-21)17-27-28-18-24-11-7-22(8-12-24)14-16-32-26(30)20(3)4/h5-12,17-18H,1,3,13-16H2,2,4H3/b27-17+,28-18+. The number of esters is 2. The zero-order chi connectivity index (χ0) is 23.3. The fourth-order valence-electron chi connectivity index (χ4n) is 2.51. The number of carbonyl (C=O) groups excluding carboxylic acids is 2. The van der Waals surface area contributed by atoms with Gasteiger partial charge in [0.05, 0.1) is 25.6 Å². The molecule has 32 heavy (non-hydrogen) atoms. The molecule has 0 radical (unpaired) electrons.